The van der Waals surface area contributed by atoms with Gasteiger partial charge in [0, 0.05) is 20.4 Å². The number of methoxy groups -OCH3 is 2. The third kappa shape index (κ3) is 5.17. The fourth-order valence-corrected chi connectivity index (χ4v) is 4.81. The minimum absolute atomic E-state index is 0.134. The fraction of sp³-hybridized carbons (Fsp3) is 0.143. The van der Waals surface area contributed by atoms with Gasteiger partial charge in [0.05, 0.1) is 31.3 Å². The lowest BCUT2D eigenvalue weighted by atomic mass is 10.2. The standard InChI is InChI=1S/C28H20BrCl2N3O6/c1-14(28(36)38-3)39-25-21(37-2)12-16(23(29)24(25)31)13-32-34-26(33-19-7-5-4-6-18(19)27(34)35)22-11-15-10-17(30)8-9-20(15)40-22/h4-14H,1-3H3/t14-/m1/s1. The molecule has 1 atom stereocenters. The highest BCUT2D eigenvalue weighted by Gasteiger charge is 2.23. The van der Waals surface area contributed by atoms with E-state index in [2.05, 4.69) is 26.0 Å². The van der Waals surface area contributed by atoms with E-state index in [0.29, 0.717) is 37.3 Å². The summed E-state index contributed by atoms with van der Waals surface area (Å²) in [6, 6.07) is 15.5. The Hall–Kier alpha value is -3.86. The predicted molar refractivity (Wildman–Crippen MR) is 157 cm³/mol. The second-order valence-electron chi connectivity index (χ2n) is 8.52. The molecule has 0 spiro atoms. The molecule has 0 radical (unpaired) electrons. The van der Waals surface area contributed by atoms with Crippen molar-refractivity contribution in [3.63, 3.8) is 0 Å². The third-order valence-corrected chi connectivity index (χ3v) is 7.65. The number of halogens is 3. The van der Waals surface area contributed by atoms with Crippen LogP contribution < -0.4 is 15.0 Å². The molecule has 5 rings (SSSR count). The smallest absolute Gasteiger partial charge is 0.346 e. The first-order valence-corrected chi connectivity index (χ1v) is 13.3. The zero-order valence-corrected chi connectivity index (χ0v) is 24.4. The van der Waals surface area contributed by atoms with Gasteiger partial charge in [0.15, 0.2) is 23.4 Å². The Balaban J connectivity index is 1.64. The van der Waals surface area contributed by atoms with Crippen LogP contribution in [0, 0.1) is 0 Å². The van der Waals surface area contributed by atoms with Crippen LogP contribution in [-0.4, -0.2) is 42.2 Å². The molecule has 0 unspecified atom stereocenters. The quantitative estimate of drug-likeness (QED) is 0.143. The largest absolute Gasteiger partial charge is 0.493 e. The summed E-state index contributed by atoms with van der Waals surface area (Å²) in [4.78, 5) is 30.1. The number of para-hydroxylation sites is 1. The molecule has 0 aliphatic carbocycles. The Kier molecular flexibility index (Phi) is 7.84. The summed E-state index contributed by atoms with van der Waals surface area (Å²) in [5.41, 5.74) is 1.12. The molecular formula is C28H20BrCl2N3O6. The number of hydrogen-bond donors (Lipinski definition) is 0. The third-order valence-electron chi connectivity index (χ3n) is 5.97. The normalized spacial score (nSPS) is 12.2. The van der Waals surface area contributed by atoms with E-state index in [1.807, 2.05) is 0 Å². The Bertz CT molecular complexity index is 1870. The number of nitrogens with zero attached hydrogens (tertiary/aromatic N) is 3. The van der Waals surface area contributed by atoms with E-state index < -0.39 is 17.6 Å². The summed E-state index contributed by atoms with van der Waals surface area (Å²) in [6.45, 7) is 1.53. The predicted octanol–water partition coefficient (Wildman–Crippen LogP) is 6.71. The molecule has 5 aromatic rings. The zero-order valence-electron chi connectivity index (χ0n) is 21.3. The molecule has 2 heterocycles. The van der Waals surface area contributed by atoms with Gasteiger partial charge in [0.25, 0.3) is 5.56 Å². The van der Waals surface area contributed by atoms with E-state index in [0.717, 1.165) is 10.1 Å². The number of carbonyl (C=O) groups excluding carboxylic acids is 1. The van der Waals surface area contributed by atoms with Crippen molar-refractivity contribution in [3.05, 3.63) is 85.0 Å². The number of esters is 1. The van der Waals surface area contributed by atoms with Gasteiger partial charge in [0.1, 0.15) is 10.6 Å². The summed E-state index contributed by atoms with van der Waals surface area (Å²) < 4.78 is 23.4. The van der Waals surface area contributed by atoms with E-state index in [1.165, 1.54) is 27.4 Å². The van der Waals surface area contributed by atoms with Crippen molar-refractivity contribution in [3.8, 4) is 23.1 Å². The van der Waals surface area contributed by atoms with E-state index in [9.17, 15) is 9.59 Å². The molecule has 0 fully saturated rings. The second-order valence-corrected chi connectivity index (χ2v) is 10.1. The summed E-state index contributed by atoms with van der Waals surface area (Å²) in [7, 11) is 2.69. The van der Waals surface area contributed by atoms with Gasteiger partial charge in [-0.15, -0.1) is 0 Å². The number of carbonyl (C=O) groups is 1. The van der Waals surface area contributed by atoms with Gasteiger partial charge < -0.3 is 18.6 Å². The second kappa shape index (κ2) is 11.3. The lowest BCUT2D eigenvalue weighted by Crippen LogP contribution is -2.25. The van der Waals surface area contributed by atoms with Crippen LogP contribution in [0.5, 0.6) is 11.5 Å². The number of ether oxygens (including phenoxy) is 3. The molecule has 204 valence electrons. The average Bonchev–Trinajstić information content (AvgIpc) is 3.38. The van der Waals surface area contributed by atoms with E-state index >= 15 is 0 Å². The molecule has 0 N–H and O–H groups in total. The van der Waals surface area contributed by atoms with Gasteiger partial charge in [-0.1, -0.05) is 35.3 Å². The first kappa shape index (κ1) is 27.7. The van der Waals surface area contributed by atoms with Gasteiger partial charge in [-0.25, -0.2) is 9.78 Å². The van der Waals surface area contributed by atoms with Crippen LogP contribution in [0.1, 0.15) is 12.5 Å². The van der Waals surface area contributed by atoms with Crippen LogP contribution in [0.25, 0.3) is 33.5 Å². The Morgan fingerprint density at radius 1 is 1.15 bits per heavy atom. The average molecular weight is 645 g/mol. The maximum atomic E-state index is 13.6. The summed E-state index contributed by atoms with van der Waals surface area (Å²) in [6.07, 6.45) is 0.485. The van der Waals surface area contributed by atoms with Gasteiger partial charge in [-0.3, -0.25) is 4.79 Å². The fourth-order valence-electron chi connectivity index (χ4n) is 3.99. The molecule has 0 aliphatic rings. The molecule has 2 aromatic heterocycles. The highest BCUT2D eigenvalue weighted by atomic mass is 79.9. The van der Waals surface area contributed by atoms with Crippen molar-refractivity contribution >= 4 is 73.2 Å². The Labute approximate surface area is 246 Å². The van der Waals surface area contributed by atoms with Crippen LogP contribution in [0.15, 0.2) is 73.4 Å². The van der Waals surface area contributed by atoms with Gasteiger partial charge >= 0.3 is 5.97 Å². The molecule has 0 aliphatic heterocycles. The van der Waals surface area contributed by atoms with Crippen LogP contribution in [0.4, 0.5) is 0 Å². The Morgan fingerprint density at radius 2 is 1.93 bits per heavy atom. The molecule has 0 saturated carbocycles. The van der Waals surface area contributed by atoms with E-state index in [4.69, 9.17) is 41.8 Å². The number of aromatic nitrogens is 2. The monoisotopic (exact) mass is 643 g/mol. The van der Waals surface area contributed by atoms with Crippen LogP contribution in [0.3, 0.4) is 0 Å². The number of rotatable bonds is 7. The zero-order chi connectivity index (χ0) is 28.6. The SMILES string of the molecule is COC(=O)[C@@H](C)Oc1c(OC)cc(C=Nn2c(-c3cc4cc(Cl)ccc4o3)nc3ccccc3c2=O)c(Br)c1Cl. The molecular weight excluding hydrogens is 625 g/mol. The summed E-state index contributed by atoms with van der Waals surface area (Å²) in [5.74, 6) is 0.310. The van der Waals surface area contributed by atoms with Crippen LogP contribution in [0.2, 0.25) is 10.0 Å². The minimum atomic E-state index is -0.939. The van der Waals surface area contributed by atoms with Crippen molar-refractivity contribution in [1.29, 1.82) is 0 Å². The number of furan rings is 1. The molecule has 0 amide bonds. The highest BCUT2D eigenvalue weighted by molar-refractivity contribution is 9.10. The van der Waals surface area contributed by atoms with E-state index in [-0.39, 0.29) is 22.3 Å². The first-order valence-electron chi connectivity index (χ1n) is 11.8. The Morgan fingerprint density at radius 3 is 2.67 bits per heavy atom. The van der Waals surface area contributed by atoms with Crippen molar-refractivity contribution in [2.24, 2.45) is 5.10 Å². The number of fused-ring (bicyclic) bond motifs is 2. The maximum Gasteiger partial charge on any atom is 0.346 e. The number of hydrogen-bond acceptors (Lipinski definition) is 8. The van der Waals surface area contributed by atoms with Crippen LogP contribution >= 0.6 is 39.1 Å². The first-order chi connectivity index (χ1) is 19.2. The highest BCUT2D eigenvalue weighted by Crippen LogP contribution is 2.42. The molecule has 0 bridgehead atoms. The molecule has 9 nitrogen and oxygen atoms in total. The summed E-state index contributed by atoms with van der Waals surface area (Å²) in [5, 5.41) is 6.27. The molecule has 3 aromatic carbocycles. The van der Waals surface area contributed by atoms with Gasteiger partial charge in [-0.05, 0) is 65.3 Å². The summed E-state index contributed by atoms with van der Waals surface area (Å²) >= 11 is 16.2. The lowest BCUT2D eigenvalue weighted by Gasteiger charge is -2.18. The van der Waals surface area contributed by atoms with Crippen molar-refractivity contribution in [1.82, 2.24) is 9.66 Å². The van der Waals surface area contributed by atoms with Crippen molar-refractivity contribution < 1.29 is 23.4 Å². The maximum absolute atomic E-state index is 13.6. The van der Waals surface area contributed by atoms with Gasteiger partial charge in [-0.2, -0.15) is 9.78 Å². The molecule has 0 saturated heterocycles. The van der Waals surface area contributed by atoms with Gasteiger partial charge in [0.2, 0.25) is 5.82 Å². The van der Waals surface area contributed by atoms with Crippen molar-refractivity contribution in [2.45, 2.75) is 13.0 Å². The van der Waals surface area contributed by atoms with Crippen LogP contribution in [-0.2, 0) is 9.53 Å². The minimum Gasteiger partial charge on any atom is -0.493 e. The molecule has 12 heteroatoms. The number of benzene rings is 3. The lowest BCUT2D eigenvalue weighted by molar-refractivity contribution is -0.147. The van der Waals surface area contributed by atoms with E-state index in [1.54, 1.807) is 54.6 Å². The van der Waals surface area contributed by atoms with Crippen molar-refractivity contribution in [2.75, 3.05) is 14.2 Å². The topological polar surface area (TPSA) is 105 Å². The molecule has 40 heavy (non-hydrogen) atoms.